The van der Waals surface area contributed by atoms with Gasteiger partial charge in [-0.3, -0.25) is 14.6 Å². The molecule has 1 amide bonds. The largest absolute Gasteiger partial charge is 0.489 e. The van der Waals surface area contributed by atoms with Crippen LogP contribution in [0.5, 0.6) is 5.75 Å². The summed E-state index contributed by atoms with van der Waals surface area (Å²) in [7, 11) is 0. The lowest BCUT2D eigenvalue weighted by Crippen LogP contribution is -2.38. The van der Waals surface area contributed by atoms with Crippen molar-refractivity contribution in [3.8, 4) is 5.75 Å². The highest BCUT2D eigenvalue weighted by molar-refractivity contribution is 5.81. The smallest absolute Gasteiger partial charge is 0.308 e. The molecule has 1 aromatic heterocycles. The number of carboxylic acids is 1. The van der Waals surface area contributed by atoms with Gasteiger partial charge in [0, 0.05) is 30.5 Å². The van der Waals surface area contributed by atoms with Gasteiger partial charge in [0.15, 0.2) is 0 Å². The summed E-state index contributed by atoms with van der Waals surface area (Å²) in [6.45, 7) is 2.71. The number of carbonyl (C=O) groups excluding carboxylic acids is 1. The third-order valence-corrected chi connectivity index (χ3v) is 4.77. The highest BCUT2D eigenvalue weighted by Gasteiger charge is 2.37. The lowest BCUT2D eigenvalue weighted by molar-refractivity contribution is -0.143. The molecule has 3 rings (SSSR count). The normalized spacial score (nSPS) is 19.3. The number of hydrogen-bond acceptors (Lipinski definition) is 4. The topological polar surface area (TPSA) is 79.7 Å². The van der Waals surface area contributed by atoms with Crippen LogP contribution in [0.3, 0.4) is 0 Å². The molecule has 0 spiro atoms. The van der Waals surface area contributed by atoms with Gasteiger partial charge in [0.2, 0.25) is 5.91 Å². The Morgan fingerprint density at radius 3 is 2.77 bits per heavy atom. The standard InChI is InChI=1S/C20H22N2O4/c1-14-18(20(24)25)7-9-22(14)19(23)11-15-4-2-6-17(10-15)26-13-16-5-3-8-21-12-16/h2-6,8,10,12,14,18H,7,9,11,13H2,1H3,(H,24,25). The van der Waals surface area contributed by atoms with Crippen molar-refractivity contribution in [2.75, 3.05) is 6.54 Å². The van der Waals surface area contributed by atoms with E-state index >= 15 is 0 Å². The van der Waals surface area contributed by atoms with Crippen molar-refractivity contribution in [1.82, 2.24) is 9.88 Å². The first-order chi connectivity index (χ1) is 12.5. The summed E-state index contributed by atoms with van der Waals surface area (Å²) in [6.07, 6.45) is 4.21. The van der Waals surface area contributed by atoms with Gasteiger partial charge < -0.3 is 14.7 Å². The zero-order valence-electron chi connectivity index (χ0n) is 14.7. The highest BCUT2D eigenvalue weighted by Crippen LogP contribution is 2.25. The fraction of sp³-hybridized carbons (Fsp3) is 0.350. The predicted octanol–water partition coefficient (Wildman–Crippen LogP) is 2.52. The van der Waals surface area contributed by atoms with Crippen LogP contribution in [0, 0.1) is 5.92 Å². The number of ether oxygens (including phenoxy) is 1. The van der Waals surface area contributed by atoms with Crippen molar-refractivity contribution in [2.24, 2.45) is 5.92 Å². The fourth-order valence-corrected chi connectivity index (χ4v) is 3.29. The summed E-state index contributed by atoms with van der Waals surface area (Å²) in [5, 5.41) is 9.20. The van der Waals surface area contributed by atoms with E-state index < -0.39 is 11.9 Å². The number of benzene rings is 1. The van der Waals surface area contributed by atoms with Crippen molar-refractivity contribution in [3.63, 3.8) is 0 Å². The molecule has 0 radical (unpaired) electrons. The highest BCUT2D eigenvalue weighted by atomic mass is 16.5. The number of amides is 1. The van der Waals surface area contributed by atoms with E-state index in [-0.39, 0.29) is 18.4 Å². The van der Waals surface area contributed by atoms with Crippen molar-refractivity contribution in [2.45, 2.75) is 32.4 Å². The molecule has 2 atom stereocenters. The van der Waals surface area contributed by atoms with Crippen LogP contribution in [0.25, 0.3) is 0 Å². The SMILES string of the molecule is CC1C(C(=O)O)CCN1C(=O)Cc1cccc(OCc2cccnc2)c1. The average Bonchev–Trinajstić information content (AvgIpc) is 3.03. The number of rotatable bonds is 6. The van der Waals surface area contributed by atoms with Crippen LogP contribution in [-0.4, -0.2) is 39.5 Å². The summed E-state index contributed by atoms with van der Waals surface area (Å²) in [4.78, 5) is 29.5. The van der Waals surface area contributed by atoms with Crippen LogP contribution < -0.4 is 4.74 Å². The van der Waals surface area contributed by atoms with Gasteiger partial charge in [0.25, 0.3) is 0 Å². The van der Waals surface area contributed by atoms with Crippen LogP contribution in [0.1, 0.15) is 24.5 Å². The van der Waals surface area contributed by atoms with Gasteiger partial charge in [-0.2, -0.15) is 0 Å². The Kier molecular flexibility index (Phi) is 5.51. The lowest BCUT2D eigenvalue weighted by Gasteiger charge is -2.23. The van der Waals surface area contributed by atoms with Gasteiger partial charge in [-0.05, 0) is 37.1 Å². The molecule has 1 saturated heterocycles. The zero-order valence-corrected chi connectivity index (χ0v) is 14.7. The van der Waals surface area contributed by atoms with E-state index in [1.54, 1.807) is 24.2 Å². The maximum Gasteiger partial charge on any atom is 0.308 e. The molecule has 0 bridgehead atoms. The van der Waals surface area contributed by atoms with E-state index in [2.05, 4.69) is 4.98 Å². The summed E-state index contributed by atoms with van der Waals surface area (Å²) in [5.74, 6) is -0.672. The maximum absolute atomic E-state index is 12.6. The molecule has 26 heavy (non-hydrogen) atoms. The van der Waals surface area contributed by atoms with E-state index in [4.69, 9.17) is 4.74 Å². The number of nitrogens with zero attached hydrogens (tertiary/aromatic N) is 2. The molecular formula is C20H22N2O4. The number of hydrogen-bond donors (Lipinski definition) is 1. The van der Waals surface area contributed by atoms with Gasteiger partial charge in [-0.1, -0.05) is 18.2 Å². The minimum Gasteiger partial charge on any atom is -0.489 e. The molecule has 1 aliphatic heterocycles. The number of pyridine rings is 1. The van der Waals surface area contributed by atoms with Gasteiger partial charge in [-0.25, -0.2) is 0 Å². The number of likely N-dealkylation sites (tertiary alicyclic amines) is 1. The van der Waals surface area contributed by atoms with Crippen LogP contribution >= 0.6 is 0 Å². The second-order valence-corrected chi connectivity index (χ2v) is 6.54. The lowest BCUT2D eigenvalue weighted by atomic mass is 10.0. The molecule has 6 heteroatoms. The van der Waals surface area contributed by atoms with Crippen molar-refractivity contribution in [3.05, 3.63) is 59.9 Å². The van der Waals surface area contributed by atoms with Gasteiger partial charge >= 0.3 is 5.97 Å². The minimum atomic E-state index is -0.835. The summed E-state index contributed by atoms with van der Waals surface area (Å²) < 4.78 is 5.77. The van der Waals surface area contributed by atoms with Gasteiger partial charge in [-0.15, -0.1) is 0 Å². The van der Waals surface area contributed by atoms with Gasteiger partial charge in [0.05, 0.1) is 12.3 Å². The Hall–Kier alpha value is -2.89. The van der Waals surface area contributed by atoms with Gasteiger partial charge in [0.1, 0.15) is 12.4 Å². The molecule has 2 aromatic rings. The molecule has 0 aliphatic carbocycles. The first-order valence-corrected chi connectivity index (χ1v) is 8.67. The van der Waals surface area contributed by atoms with Crippen molar-refractivity contribution < 1.29 is 19.4 Å². The number of carboxylic acid groups (broad SMARTS) is 1. The Labute approximate surface area is 152 Å². The van der Waals surface area contributed by atoms with Crippen LogP contribution in [0.2, 0.25) is 0 Å². The third kappa shape index (κ3) is 4.20. The molecule has 1 aromatic carbocycles. The molecular weight excluding hydrogens is 332 g/mol. The molecule has 2 unspecified atom stereocenters. The van der Waals surface area contributed by atoms with E-state index in [0.29, 0.717) is 25.3 Å². The Morgan fingerprint density at radius 1 is 1.27 bits per heavy atom. The van der Waals surface area contributed by atoms with Crippen LogP contribution in [0.4, 0.5) is 0 Å². The second-order valence-electron chi connectivity index (χ2n) is 6.54. The predicted molar refractivity (Wildman–Crippen MR) is 95.6 cm³/mol. The average molecular weight is 354 g/mol. The Bertz CT molecular complexity index is 778. The summed E-state index contributed by atoms with van der Waals surface area (Å²) in [5.41, 5.74) is 1.82. The van der Waals surface area contributed by atoms with E-state index in [1.165, 1.54) is 0 Å². The number of aliphatic carboxylic acids is 1. The molecule has 2 heterocycles. The Balaban J connectivity index is 1.60. The number of aromatic nitrogens is 1. The molecule has 1 fully saturated rings. The van der Waals surface area contributed by atoms with E-state index in [1.807, 2.05) is 36.4 Å². The first-order valence-electron chi connectivity index (χ1n) is 8.67. The quantitative estimate of drug-likeness (QED) is 0.862. The monoisotopic (exact) mass is 354 g/mol. The third-order valence-electron chi connectivity index (χ3n) is 4.77. The molecule has 6 nitrogen and oxygen atoms in total. The van der Waals surface area contributed by atoms with Crippen LogP contribution in [-0.2, 0) is 22.6 Å². The summed E-state index contributed by atoms with van der Waals surface area (Å²) in [6, 6.07) is 11.0. The number of carbonyl (C=O) groups is 2. The first kappa shape index (κ1) is 17.9. The molecule has 1 aliphatic rings. The fourth-order valence-electron chi connectivity index (χ4n) is 3.29. The van der Waals surface area contributed by atoms with E-state index in [9.17, 15) is 14.7 Å². The van der Waals surface area contributed by atoms with Crippen molar-refractivity contribution in [1.29, 1.82) is 0 Å². The summed E-state index contributed by atoms with van der Waals surface area (Å²) >= 11 is 0. The zero-order chi connectivity index (χ0) is 18.5. The van der Waals surface area contributed by atoms with Crippen molar-refractivity contribution >= 4 is 11.9 Å². The van der Waals surface area contributed by atoms with Crippen LogP contribution in [0.15, 0.2) is 48.8 Å². The second kappa shape index (κ2) is 7.99. The van der Waals surface area contributed by atoms with E-state index in [0.717, 1.165) is 11.1 Å². The molecule has 136 valence electrons. The molecule has 0 saturated carbocycles. The minimum absolute atomic E-state index is 0.0503. The maximum atomic E-state index is 12.6. The Morgan fingerprint density at radius 2 is 2.08 bits per heavy atom. The molecule has 1 N–H and O–H groups in total.